The summed E-state index contributed by atoms with van der Waals surface area (Å²) in [6.45, 7) is 4.66. The lowest BCUT2D eigenvalue weighted by Gasteiger charge is -2.22. The number of rotatable bonds is 6. The summed E-state index contributed by atoms with van der Waals surface area (Å²) >= 11 is 0. The van der Waals surface area contributed by atoms with Crippen molar-refractivity contribution in [3.05, 3.63) is 35.4 Å². The van der Waals surface area contributed by atoms with Gasteiger partial charge in [-0.25, -0.2) is 0 Å². The Morgan fingerprint density at radius 3 is 2.21 bits per heavy atom. The Morgan fingerprint density at radius 2 is 1.79 bits per heavy atom. The summed E-state index contributed by atoms with van der Waals surface area (Å²) in [4.78, 5) is 0. The molecule has 2 unspecified atom stereocenters. The van der Waals surface area contributed by atoms with Crippen molar-refractivity contribution in [1.82, 2.24) is 5.32 Å². The summed E-state index contributed by atoms with van der Waals surface area (Å²) in [7, 11) is 1.63. The quantitative estimate of drug-likeness (QED) is 0.853. The van der Waals surface area contributed by atoms with Gasteiger partial charge in [-0.3, -0.25) is 0 Å². The molecule has 0 bridgehead atoms. The lowest BCUT2D eigenvalue weighted by atomic mass is 9.99. The highest BCUT2D eigenvalue weighted by atomic mass is 19.4. The van der Waals surface area contributed by atoms with Crippen molar-refractivity contribution in [3.8, 4) is 0 Å². The number of hydrogen-bond acceptors (Lipinski definition) is 2. The van der Waals surface area contributed by atoms with Crippen molar-refractivity contribution in [1.29, 1.82) is 0 Å². The van der Waals surface area contributed by atoms with Crippen molar-refractivity contribution in [2.24, 2.45) is 0 Å². The molecule has 5 heteroatoms. The van der Waals surface area contributed by atoms with Crippen LogP contribution in [-0.4, -0.2) is 19.8 Å². The van der Waals surface area contributed by atoms with Gasteiger partial charge in [-0.05, 0) is 37.6 Å². The predicted molar refractivity (Wildman–Crippen MR) is 68.9 cm³/mol. The zero-order valence-corrected chi connectivity index (χ0v) is 11.4. The van der Waals surface area contributed by atoms with Crippen LogP contribution in [0.4, 0.5) is 13.2 Å². The van der Waals surface area contributed by atoms with E-state index in [0.29, 0.717) is 0 Å². The Balaban J connectivity index is 2.85. The average molecular weight is 275 g/mol. The van der Waals surface area contributed by atoms with Crippen molar-refractivity contribution < 1.29 is 17.9 Å². The lowest BCUT2D eigenvalue weighted by molar-refractivity contribution is -0.137. The first kappa shape index (κ1) is 16.0. The monoisotopic (exact) mass is 275 g/mol. The molecule has 19 heavy (non-hydrogen) atoms. The molecule has 2 atom stereocenters. The molecule has 0 aliphatic heterocycles. The third kappa shape index (κ3) is 4.84. The molecule has 1 N–H and O–H groups in total. The van der Waals surface area contributed by atoms with E-state index in [9.17, 15) is 13.2 Å². The van der Waals surface area contributed by atoms with Gasteiger partial charge in [0.05, 0.1) is 11.7 Å². The number of benzene rings is 1. The average Bonchev–Trinajstić information content (AvgIpc) is 2.37. The molecule has 1 rings (SSSR count). The molecule has 0 saturated heterocycles. The molecule has 0 aromatic heterocycles. The smallest absolute Gasteiger partial charge is 0.382 e. The van der Waals surface area contributed by atoms with E-state index in [2.05, 4.69) is 5.32 Å². The van der Waals surface area contributed by atoms with Gasteiger partial charge in [0, 0.05) is 13.2 Å². The van der Waals surface area contributed by atoms with E-state index < -0.39 is 11.7 Å². The highest BCUT2D eigenvalue weighted by Crippen LogP contribution is 2.30. The van der Waals surface area contributed by atoms with Crippen LogP contribution in [0.5, 0.6) is 0 Å². The van der Waals surface area contributed by atoms with E-state index in [-0.39, 0.29) is 12.1 Å². The molecule has 1 aromatic rings. The molecule has 0 radical (unpaired) electrons. The fourth-order valence-electron chi connectivity index (χ4n) is 1.92. The van der Waals surface area contributed by atoms with Gasteiger partial charge in [-0.1, -0.05) is 19.1 Å². The number of alkyl halides is 3. The second kappa shape index (κ2) is 6.91. The summed E-state index contributed by atoms with van der Waals surface area (Å²) in [5, 5.41) is 3.26. The standard InChI is InChI=1S/C14H20F3NO/c1-4-18-13(9-10(2)19-3)11-5-7-12(8-6-11)14(15,16)17/h5-8,10,13,18H,4,9H2,1-3H3. The molecule has 0 fully saturated rings. The number of nitrogens with one attached hydrogen (secondary N) is 1. The largest absolute Gasteiger partial charge is 0.416 e. The van der Waals surface area contributed by atoms with Crippen LogP contribution in [0.15, 0.2) is 24.3 Å². The fourth-order valence-corrected chi connectivity index (χ4v) is 1.92. The maximum Gasteiger partial charge on any atom is 0.416 e. The molecular weight excluding hydrogens is 255 g/mol. The Morgan fingerprint density at radius 1 is 1.21 bits per heavy atom. The second-order valence-corrected chi connectivity index (χ2v) is 4.51. The summed E-state index contributed by atoms with van der Waals surface area (Å²) in [5.74, 6) is 0. The SMILES string of the molecule is CCNC(CC(C)OC)c1ccc(C(F)(F)F)cc1. The van der Waals surface area contributed by atoms with Crippen LogP contribution in [0.25, 0.3) is 0 Å². The zero-order chi connectivity index (χ0) is 14.5. The van der Waals surface area contributed by atoms with Gasteiger partial charge in [0.2, 0.25) is 0 Å². The molecule has 1 aromatic carbocycles. The molecule has 0 heterocycles. The van der Waals surface area contributed by atoms with Crippen LogP contribution in [0, 0.1) is 0 Å². The topological polar surface area (TPSA) is 21.3 Å². The minimum absolute atomic E-state index is 0.00207. The first-order valence-electron chi connectivity index (χ1n) is 6.31. The highest BCUT2D eigenvalue weighted by Gasteiger charge is 2.30. The zero-order valence-electron chi connectivity index (χ0n) is 11.4. The fraction of sp³-hybridized carbons (Fsp3) is 0.571. The predicted octanol–water partition coefficient (Wildman–Crippen LogP) is 3.78. The third-order valence-corrected chi connectivity index (χ3v) is 3.06. The van der Waals surface area contributed by atoms with E-state index in [1.807, 2.05) is 13.8 Å². The second-order valence-electron chi connectivity index (χ2n) is 4.51. The minimum Gasteiger partial charge on any atom is -0.382 e. The number of halogens is 3. The molecule has 0 amide bonds. The van der Waals surface area contributed by atoms with Crippen molar-refractivity contribution in [2.75, 3.05) is 13.7 Å². The Bertz CT molecular complexity index is 375. The number of methoxy groups -OCH3 is 1. The molecule has 0 spiro atoms. The Kier molecular flexibility index (Phi) is 5.82. The van der Waals surface area contributed by atoms with E-state index in [0.717, 1.165) is 30.7 Å². The minimum atomic E-state index is -4.29. The Hall–Kier alpha value is -1.07. The van der Waals surface area contributed by atoms with Gasteiger partial charge in [0.1, 0.15) is 0 Å². The summed E-state index contributed by atoms with van der Waals surface area (Å²) in [6.07, 6.45) is -3.52. The van der Waals surface area contributed by atoms with Gasteiger partial charge in [-0.15, -0.1) is 0 Å². The van der Waals surface area contributed by atoms with Crippen LogP contribution >= 0.6 is 0 Å². The van der Waals surface area contributed by atoms with Gasteiger partial charge in [0.15, 0.2) is 0 Å². The molecular formula is C14H20F3NO. The molecule has 2 nitrogen and oxygen atoms in total. The molecule has 108 valence electrons. The van der Waals surface area contributed by atoms with Gasteiger partial charge >= 0.3 is 6.18 Å². The van der Waals surface area contributed by atoms with Crippen LogP contribution in [0.3, 0.4) is 0 Å². The van der Waals surface area contributed by atoms with Crippen LogP contribution in [-0.2, 0) is 10.9 Å². The summed E-state index contributed by atoms with van der Waals surface area (Å²) in [6, 6.07) is 5.30. The molecule has 0 aliphatic rings. The number of hydrogen-bond donors (Lipinski definition) is 1. The van der Waals surface area contributed by atoms with E-state index in [1.54, 1.807) is 7.11 Å². The van der Waals surface area contributed by atoms with E-state index >= 15 is 0 Å². The first-order chi connectivity index (χ1) is 8.88. The highest BCUT2D eigenvalue weighted by molar-refractivity contribution is 5.26. The Labute approximate surface area is 112 Å². The molecule has 0 saturated carbocycles. The van der Waals surface area contributed by atoms with Crippen LogP contribution in [0.2, 0.25) is 0 Å². The van der Waals surface area contributed by atoms with E-state index in [4.69, 9.17) is 4.74 Å². The lowest BCUT2D eigenvalue weighted by Crippen LogP contribution is -2.25. The molecule has 0 aliphatic carbocycles. The van der Waals surface area contributed by atoms with Crippen molar-refractivity contribution in [2.45, 2.75) is 38.6 Å². The summed E-state index contributed by atoms with van der Waals surface area (Å²) < 4.78 is 42.7. The van der Waals surface area contributed by atoms with Gasteiger partial charge in [-0.2, -0.15) is 13.2 Å². The van der Waals surface area contributed by atoms with Crippen molar-refractivity contribution >= 4 is 0 Å². The first-order valence-corrected chi connectivity index (χ1v) is 6.31. The van der Waals surface area contributed by atoms with Crippen LogP contribution < -0.4 is 5.32 Å². The van der Waals surface area contributed by atoms with Crippen LogP contribution in [0.1, 0.15) is 37.4 Å². The normalized spacial score (nSPS) is 15.3. The van der Waals surface area contributed by atoms with Crippen molar-refractivity contribution in [3.63, 3.8) is 0 Å². The summed E-state index contributed by atoms with van der Waals surface area (Å²) in [5.41, 5.74) is 0.227. The number of ether oxygens (including phenoxy) is 1. The van der Waals surface area contributed by atoms with E-state index in [1.165, 1.54) is 12.1 Å². The maximum atomic E-state index is 12.5. The van der Waals surface area contributed by atoms with Gasteiger partial charge < -0.3 is 10.1 Å². The van der Waals surface area contributed by atoms with Gasteiger partial charge in [0.25, 0.3) is 0 Å². The maximum absolute atomic E-state index is 12.5. The third-order valence-electron chi connectivity index (χ3n) is 3.06.